The van der Waals surface area contributed by atoms with Crippen molar-refractivity contribution in [3.05, 3.63) is 24.3 Å². The Bertz CT molecular complexity index is 1320. The third-order valence-electron chi connectivity index (χ3n) is 10.4. The van der Waals surface area contributed by atoms with E-state index in [4.69, 9.17) is 37.9 Å². The maximum Gasteiger partial charge on any atom is 0.309 e. The average molecular weight is 786 g/mol. The normalized spacial score (nSPS) is 42.1. The van der Waals surface area contributed by atoms with Crippen molar-refractivity contribution in [1.29, 1.82) is 0 Å². The van der Waals surface area contributed by atoms with Crippen LogP contribution in [0.15, 0.2) is 24.3 Å². The van der Waals surface area contributed by atoms with Crippen molar-refractivity contribution in [1.82, 2.24) is 4.90 Å². The summed E-state index contributed by atoms with van der Waals surface area (Å²) >= 11 is 0. The zero-order valence-electron chi connectivity index (χ0n) is 33.8. The number of hydrogen-bond donors (Lipinski definition) is 3. The van der Waals surface area contributed by atoms with Gasteiger partial charge in [-0.3, -0.25) is 14.4 Å². The van der Waals surface area contributed by atoms with Crippen LogP contribution in [0.1, 0.15) is 80.6 Å². The van der Waals surface area contributed by atoms with Crippen molar-refractivity contribution in [3.8, 4) is 0 Å². The Morgan fingerprint density at radius 3 is 2.24 bits per heavy atom. The highest BCUT2D eigenvalue weighted by molar-refractivity contribution is 5.72. The van der Waals surface area contributed by atoms with Gasteiger partial charge in [0.05, 0.1) is 36.9 Å². The van der Waals surface area contributed by atoms with E-state index in [9.17, 15) is 34.5 Å². The molecular formula is C39H63NO15. The van der Waals surface area contributed by atoms with Gasteiger partial charge in [-0.2, -0.15) is 0 Å². The van der Waals surface area contributed by atoms with Gasteiger partial charge in [0, 0.05) is 40.2 Å². The van der Waals surface area contributed by atoms with Crippen LogP contribution in [0.4, 0.5) is 0 Å². The zero-order valence-corrected chi connectivity index (χ0v) is 33.8. The van der Waals surface area contributed by atoms with Crippen LogP contribution in [-0.2, 0) is 57.1 Å². The molecule has 0 saturated carbocycles. The molecule has 0 unspecified atom stereocenters. The van der Waals surface area contributed by atoms with Gasteiger partial charge in [-0.05, 0) is 60.0 Å². The summed E-state index contributed by atoms with van der Waals surface area (Å²) in [5, 5.41) is 34.3. The number of likely N-dealkylation sites (N-methyl/N-ethyl adjacent to an activating group) is 1. The molecule has 3 aliphatic heterocycles. The third-order valence-corrected chi connectivity index (χ3v) is 10.4. The summed E-state index contributed by atoms with van der Waals surface area (Å²) in [4.78, 5) is 51.3. The fourth-order valence-corrected chi connectivity index (χ4v) is 7.73. The number of methoxy groups -OCH3 is 1. The van der Waals surface area contributed by atoms with Crippen LogP contribution in [0.3, 0.4) is 0 Å². The molecule has 3 rings (SSSR count). The molecule has 0 aromatic carbocycles. The smallest absolute Gasteiger partial charge is 0.309 e. The summed E-state index contributed by atoms with van der Waals surface area (Å²) in [6, 6.07) is -0.778. The predicted octanol–water partition coefficient (Wildman–Crippen LogP) is 1.99. The molecule has 0 spiro atoms. The lowest BCUT2D eigenvalue weighted by Gasteiger charge is -2.50. The maximum absolute atomic E-state index is 13.2. The largest absolute Gasteiger partial charge is 0.462 e. The Hall–Kier alpha value is -2.80. The van der Waals surface area contributed by atoms with E-state index < -0.39 is 121 Å². The lowest BCUT2D eigenvalue weighted by molar-refractivity contribution is -0.344. The molecule has 314 valence electrons. The minimum atomic E-state index is -1.49. The summed E-state index contributed by atoms with van der Waals surface area (Å²) in [6.45, 7) is 10.9. The number of cyclic esters (lactones) is 1. The first-order valence-electron chi connectivity index (χ1n) is 19.0. The van der Waals surface area contributed by atoms with Crippen LogP contribution < -0.4 is 0 Å². The van der Waals surface area contributed by atoms with Gasteiger partial charge in [-0.15, -0.1) is 0 Å². The van der Waals surface area contributed by atoms with Gasteiger partial charge in [0.15, 0.2) is 18.7 Å². The Kier molecular flexibility index (Phi) is 17.9. The predicted molar refractivity (Wildman–Crippen MR) is 196 cm³/mol. The fraction of sp³-hybridized carbons (Fsp3) is 0.795. The molecule has 0 aliphatic carbocycles. The molecule has 3 heterocycles. The molecule has 0 amide bonds. The molecule has 16 heteroatoms. The van der Waals surface area contributed by atoms with Gasteiger partial charge in [-0.1, -0.05) is 31.2 Å². The van der Waals surface area contributed by atoms with Crippen molar-refractivity contribution in [2.24, 2.45) is 11.8 Å². The van der Waals surface area contributed by atoms with E-state index >= 15 is 0 Å². The van der Waals surface area contributed by atoms with Gasteiger partial charge in [0.1, 0.15) is 42.4 Å². The number of carbonyl (C=O) groups is 4. The summed E-state index contributed by atoms with van der Waals surface area (Å²) in [5.74, 6) is -3.01. The Balaban J connectivity index is 2.01. The molecule has 0 bridgehead atoms. The second kappa shape index (κ2) is 21.1. The number of aldehydes is 1. The lowest BCUT2D eigenvalue weighted by atomic mass is 9.82. The van der Waals surface area contributed by atoms with Crippen molar-refractivity contribution < 1.29 is 72.4 Å². The number of aliphatic hydroxyl groups excluding tert-OH is 2. The van der Waals surface area contributed by atoms with Crippen LogP contribution in [0.25, 0.3) is 0 Å². The highest BCUT2D eigenvalue weighted by atomic mass is 16.7. The van der Waals surface area contributed by atoms with E-state index in [1.54, 1.807) is 64.1 Å². The number of ether oxygens (including phenoxy) is 8. The van der Waals surface area contributed by atoms with E-state index in [1.165, 1.54) is 27.9 Å². The van der Waals surface area contributed by atoms with Crippen LogP contribution in [0, 0.1) is 11.8 Å². The first kappa shape index (κ1) is 46.6. The van der Waals surface area contributed by atoms with Crippen molar-refractivity contribution in [3.63, 3.8) is 0 Å². The molecule has 3 aliphatic rings. The Morgan fingerprint density at radius 2 is 1.65 bits per heavy atom. The summed E-state index contributed by atoms with van der Waals surface area (Å²) < 4.78 is 48.0. The fourth-order valence-electron chi connectivity index (χ4n) is 7.73. The quantitative estimate of drug-likeness (QED) is 0.165. The molecule has 3 N–H and O–H groups in total. The minimum Gasteiger partial charge on any atom is -0.462 e. The van der Waals surface area contributed by atoms with Crippen molar-refractivity contribution in [2.45, 2.75) is 166 Å². The number of rotatable bonds is 10. The second-order valence-corrected chi connectivity index (χ2v) is 15.5. The number of hydrogen-bond acceptors (Lipinski definition) is 16. The van der Waals surface area contributed by atoms with Gasteiger partial charge >= 0.3 is 17.9 Å². The zero-order chi connectivity index (χ0) is 41.2. The standard InChI is InChI=1S/C39H63NO15/c1-21-18-27(16-17-41)35(36(48-10)29(52-25(5)42)19-30(45)49-22(2)14-12-11-13-15-28(21)44)55-38-33(46)32(40(8)9)34(23(3)51-38)54-31-20-39(7,47)37(24(4)50-31)53-26(6)43/h11-13,15,17,21-24,27-29,31-38,44,46-47H,14,16,18-20H2,1-10H3/b12-11-,15-13-/t21-,22-,23-,24+,27+,28+,29-,31+,32-,33-,34-,35+,36+,37+,38+,39-/m1/s1. The van der Waals surface area contributed by atoms with E-state index in [1.807, 2.05) is 6.92 Å². The molecule has 2 saturated heterocycles. The van der Waals surface area contributed by atoms with Crippen LogP contribution in [-0.4, -0.2) is 151 Å². The monoisotopic (exact) mass is 785 g/mol. The first-order valence-corrected chi connectivity index (χ1v) is 19.0. The number of aliphatic hydroxyl groups is 3. The molecule has 0 radical (unpaired) electrons. The van der Waals surface area contributed by atoms with Crippen LogP contribution in [0.5, 0.6) is 0 Å². The maximum atomic E-state index is 13.2. The van der Waals surface area contributed by atoms with Crippen molar-refractivity contribution >= 4 is 24.2 Å². The highest BCUT2D eigenvalue weighted by Crippen LogP contribution is 2.37. The molecule has 16 atom stereocenters. The highest BCUT2D eigenvalue weighted by Gasteiger charge is 2.52. The summed E-state index contributed by atoms with van der Waals surface area (Å²) in [7, 11) is 4.84. The molecule has 16 nitrogen and oxygen atoms in total. The SMILES string of the molecule is CO[C@@H]1[C@@H](O[C@@H]2O[C@H](C)[C@@H](O[C@H]3C[C@@](C)(O)[C@@H](OC(C)=O)[C@H](C)O3)[C@H](N(C)C)[C@H]2O)[C@@H](CC=O)C[C@@H](C)[C@@H](O)/C=C\C=C/C[C@@H](C)OC(=O)C[C@H]1OC(C)=O. The molecule has 0 aromatic rings. The van der Waals surface area contributed by atoms with Gasteiger partial charge in [0.2, 0.25) is 0 Å². The van der Waals surface area contributed by atoms with Crippen LogP contribution >= 0.6 is 0 Å². The first-order chi connectivity index (χ1) is 25.8. The van der Waals surface area contributed by atoms with Crippen LogP contribution in [0.2, 0.25) is 0 Å². The molecule has 2 fully saturated rings. The average Bonchev–Trinajstić information content (AvgIpc) is 3.06. The lowest BCUT2D eigenvalue weighted by Crippen LogP contribution is -2.66. The van der Waals surface area contributed by atoms with E-state index in [2.05, 4.69) is 0 Å². The molecule has 55 heavy (non-hydrogen) atoms. The summed E-state index contributed by atoms with van der Waals surface area (Å²) in [6.07, 6.45) is -4.26. The topological polar surface area (TPSA) is 206 Å². The summed E-state index contributed by atoms with van der Waals surface area (Å²) in [5.41, 5.74) is -1.49. The number of allylic oxidation sites excluding steroid dienone is 2. The van der Waals surface area contributed by atoms with Gasteiger partial charge < -0.3 is 62.9 Å². The number of esters is 3. The van der Waals surface area contributed by atoms with E-state index in [0.29, 0.717) is 12.7 Å². The molecular weight excluding hydrogens is 722 g/mol. The van der Waals surface area contributed by atoms with Crippen molar-refractivity contribution in [2.75, 3.05) is 21.2 Å². The Labute approximate surface area is 324 Å². The number of nitrogens with zero attached hydrogens (tertiary/aromatic N) is 1. The van der Waals surface area contributed by atoms with E-state index in [-0.39, 0.29) is 19.3 Å². The van der Waals surface area contributed by atoms with Gasteiger partial charge in [-0.25, -0.2) is 0 Å². The van der Waals surface area contributed by atoms with E-state index in [0.717, 1.165) is 0 Å². The minimum absolute atomic E-state index is 0.0477. The second-order valence-electron chi connectivity index (χ2n) is 15.5. The van der Waals surface area contributed by atoms with Gasteiger partial charge in [0.25, 0.3) is 0 Å². The Morgan fingerprint density at radius 1 is 0.982 bits per heavy atom. The molecule has 0 aromatic heterocycles. The number of carbonyl (C=O) groups excluding carboxylic acids is 4. The third kappa shape index (κ3) is 13.1.